The summed E-state index contributed by atoms with van der Waals surface area (Å²) in [5.74, 6) is 9.23. The Morgan fingerprint density at radius 1 is 1.18 bits per heavy atom. The van der Waals surface area contributed by atoms with Gasteiger partial charge in [0.05, 0.1) is 6.10 Å². The first-order valence-electron chi connectivity index (χ1n) is 4.68. The molecule has 0 saturated heterocycles. The van der Waals surface area contributed by atoms with Gasteiger partial charge in [-0.3, -0.25) is 0 Å². The van der Waals surface area contributed by atoms with Crippen LogP contribution in [0.25, 0.3) is 0 Å². The van der Waals surface area contributed by atoms with Crippen molar-refractivity contribution in [3.05, 3.63) is 0 Å². The lowest BCUT2D eigenvalue weighted by Crippen LogP contribution is -2.18. The fourth-order valence-electron chi connectivity index (χ4n) is 0.573. The molecule has 0 aromatic rings. The van der Waals surface area contributed by atoms with Crippen LogP contribution < -0.4 is 0 Å². The van der Waals surface area contributed by atoms with Crippen LogP contribution in [-0.4, -0.2) is 36.7 Å². The molecule has 0 atom stereocenters. The van der Waals surface area contributed by atoms with Gasteiger partial charge in [-0.15, -0.1) is 0 Å². The van der Waals surface area contributed by atoms with E-state index in [0.29, 0.717) is 0 Å². The largest absolute Gasteiger partial charge is 0.519 e. The Hall–Kier alpha value is -2.18. The van der Waals surface area contributed by atoms with Gasteiger partial charge in [0.25, 0.3) is 0 Å². The first-order valence-corrected chi connectivity index (χ1v) is 4.68. The predicted octanol–water partition coefficient (Wildman–Crippen LogP) is 0.684. The van der Waals surface area contributed by atoms with Crippen molar-refractivity contribution in [2.45, 2.75) is 20.0 Å². The third-order valence-electron chi connectivity index (χ3n) is 1.08. The summed E-state index contributed by atoms with van der Waals surface area (Å²) in [7, 11) is 0. The molecule has 0 aromatic carbocycles. The number of rotatable bonds is 2. The summed E-state index contributed by atoms with van der Waals surface area (Å²) in [5.41, 5.74) is 0. The Balaban J connectivity index is 3.79. The van der Waals surface area contributed by atoms with Crippen molar-refractivity contribution in [2.75, 3.05) is 13.2 Å². The first-order chi connectivity index (χ1) is 8.06. The van der Waals surface area contributed by atoms with Gasteiger partial charge < -0.3 is 19.3 Å². The Morgan fingerprint density at radius 3 is 2.41 bits per heavy atom. The lowest BCUT2D eigenvalue weighted by molar-refractivity contribution is 0.0278. The second-order valence-corrected chi connectivity index (χ2v) is 2.82. The fourth-order valence-corrected chi connectivity index (χ4v) is 0.573. The number of ether oxygens (including phenoxy) is 3. The van der Waals surface area contributed by atoms with Gasteiger partial charge in [0, 0.05) is 0 Å². The average molecular weight is 240 g/mol. The maximum Gasteiger partial charge on any atom is 0.519 e. The smallest absolute Gasteiger partial charge is 0.431 e. The summed E-state index contributed by atoms with van der Waals surface area (Å²) in [5, 5.41) is 8.28. The molecule has 0 spiro atoms. The van der Waals surface area contributed by atoms with Crippen LogP contribution in [0.2, 0.25) is 0 Å². The van der Waals surface area contributed by atoms with Crippen molar-refractivity contribution in [1.29, 1.82) is 0 Å². The maximum atomic E-state index is 10.8. The number of carbonyl (C=O) groups excluding carboxylic acids is 2. The van der Waals surface area contributed by atoms with E-state index >= 15 is 0 Å². The van der Waals surface area contributed by atoms with E-state index in [2.05, 4.69) is 37.9 Å². The lowest BCUT2D eigenvalue weighted by Gasteiger charge is -2.06. The van der Waals surface area contributed by atoms with Crippen molar-refractivity contribution in [3.8, 4) is 23.7 Å². The number of carbonyl (C=O) groups is 2. The molecule has 0 aromatic heterocycles. The van der Waals surface area contributed by atoms with Gasteiger partial charge in [-0.1, -0.05) is 5.92 Å². The molecule has 0 amide bonds. The molecule has 0 radical (unpaired) electrons. The summed E-state index contributed by atoms with van der Waals surface area (Å²) in [6.45, 7) is 2.66. The van der Waals surface area contributed by atoms with Crippen LogP contribution in [0.3, 0.4) is 0 Å². The van der Waals surface area contributed by atoms with E-state index in [0.717, 1.165) is 0 Å². The molecule has 0 saturated carbocycles. The molecule has 0 rings (SSSR count). The normalized spacial score (nSPS) is 8.24. The molecule has 92 valence electrons. The van der Waals surface area contributed by atoms with E-state index in [1.165, 1.54) is 0 Å². The highest BCUT2D eigenvalue weighted by Crippen LogP contribution is 1.94. The molecule has 0 aliphatic carbocycles. The molecular formula is C11H12O6. The zero-order valence-corrected chi connectivity index (χ0v) is 9.48. The van der Waals surface area contributed by atoms with Crippen molar-refractivity contribution in [3.63, 3.8) is 0 Å². The molecule has 6 heteroatoms. The minimum Gasteiger partial charge on any atom is -0.431 e. The SMILES string of the molecule is CC(C)OC(=O)OC(=O)OCC#CC#CCO. The summed E-state index contributed by atoms with van der Waals surface area (Å²) in [4.78, 5) is 21.6. The molecule has 17 heavy (non-hydrogen) atoms. The average Bonchev–Trinajstić information content (AvgIpc) is 2.21. The number of hydrogen-bond acceptors (Lipinski definition) is 6. The van der Waals surface area contributed by atoms with E-state index in [-0.39, 0.29) is 19.3 Å². The molecule has 0 bridgehead atoms. The van der Waals surface area contributed by atoms with Crippen LogP contribution in [0.4, 0.5) is 9.59 Å². The van der Waals surface area contributed by atoms with Crippen LogP contribution in [-0.2, 0) is 14.2 Å². The quantitative estimate of drug-likeness (QED) is 0.434. The third kappa shape index (κ3) is 10.1. The molecule has 0 heterocycles. The van der Waals surface area contributed by atoms with Crippen molar-refractivity contribution in [1.82, 2.24) is 0 Å². The van der Waals surface area contributed by atoms with E-state index in [9.17, 15) is 9.59 Å². The Morgan fingerprint density at radius 2 is 1.82 bits per heavy atom. The highest BCUT2D eigenvalue weighted by molar-refractivity contribution is 5.77. The molecule has 6 nitrogen and oxygen atoms in total. The van der Waals surface area contributed by atoms with Crippen LogP contribution >= 0.6 is 0 Å². The van der Waals surface area contributed by atoms with Gasteiger partial charge in [0.1, 0.15) is 6.61 Å². The van der Waals surface area contributed by atoms with E-state index in [4.69, 9.17) is 5.11 Å². The van der Waals surface area contributed by atoms with E-state index in [1.807, 2.05) is 0 Å². The van der Waals surface area contributed by atoms with Gasteiger partial charge in [-0.2, -0.15) is 0 Å². The minimum absolute atomic E-state index is 0.270. The molecule has 0 unspecified atom stereocenters. The second kappa shape index (κ2) is 9.08. The second-order valence-electron chi connectivity index (χ2n) is 2.82. The Bertz CT molecular complexity index is 376. The summed E-state index contributed by atoms with van der Waals surface area (Å²) in [6.07, 6.45) is -2.71. The maximum absolute atomic E-state index is 10.8. The summed E-state index contributed by atoms with van der Waals surface area (Å²) >= 11 is 0. The predicted molar refractivity (Wildman–Crippen MR) is 56.7 cm³/mol. The van der Waals surface area contributed by atoms with E-state index in [1.54, 1.807) is 13.8 Å². The molecule has 1 N–H and O–H groups in total. The topological polar surface area (TPSA) is 82.1 Å². The number of aliphatic hydroxyl groups excluding tert-OH is 1. The van der Waals surface area contributed by atoms with Crippen LogP contribution in [0.1, 0.15) is 13.8 Å². The molecule has 0 fully saturated rings. The van der Waals surface area contributed by atoms with Crippen molar-refractivity contribution in [2.24, 2.45) is 0 Å². The van der Waals surface area contributed by atoms with Crippen molar-refractivity contribution >= 4 is 12.3 Å². The van der Waals surface area contributed by atoms with E-state index < -0.39 is 12.3 Å². The molecule has 0 aliphatic rings. The van der Waals surface area contributed by atoms with Crippen LogP contribution in [0, 0.1) is 23.7 Å². The zero-order chi connectivity index (χ0) is 13.1. The van der Waals surface area contributed by atoms with Gasteiger partial charge in [-0.05, 0) is 31.6 Å². The van der Waals surface area contributed by atoms with Gasteiger partial charge in [-0.25, -0.2) is 9.59 Å². The first kappa shape index (κ1) is 14.8. The Labute approximate surface area is 98.8 Å². The molecular weight excluding hydrogens is 228 g/mol. The number of aliphatic hydroxyl groups is 1. The van der Waals surface area contributed by atoms with Crippen molar-refractivity contribution < 1.29 is 28.9 Å². The monoisotopic (exact) mass is 240 g/mol. The third-order valence-corrected chi connectivity index (χ3v) is 1.08. The Kier molecular flexibility index (Phi) is 7.91. The zero-order valence-electron chi connectivity index (χ0n) is 9.48. The summed E-state index contributed by atoms with van der Waals surface area (Å²) < 4.78 is 13.1. The highest BCUT2D eigenvalue weighted by atomic mass is 16.8. The standard InChI is InChI=1S/C11H12O6/c1-9(2)16-11(14)17-10(13)15-8-6-4-3-5-7-12/h9,12H,7-8H2,1-2H3. The van der Waals surface area contributed by atoms with Crippen LogP contribution in [0.15, 0.2) is 0 Å². The van der Waals surface area contributed by atoms with Crippen LogP contribution in [0.5, 0.6) is 0 Å². The van der Waals surface area contributed by atoms with Gasteiger partial charge in [0.15, 0.2) is 6.61 Å². The van der Waals surface area contributed by atoms with Gasteiger partial charge >= 0.3 is 12.3 Å². The minimum atomic E-state index is -1.19. The fraction of sp³-hybridized carbons (Fsp3) is 0.455. The number of hydrogen-bond donors (Lipinski definition) is 1. The molecule has 0 aliphatic heterocycles. The lowest BCUT2D eigenvalue weighted by atomic mass is 10.5. The summed E-state index contributed by atoms with van der Waals surface area (Å²) in [6, 6.07) is 0. The highest BCUT2D eigenvalue weighted by Gasteiger charge is 2.13. The van der Waals surface area contributed by atoms with Gasteiger partial charge in [0.2, 0.25) is 0 Å².